The van der Waals surface area contributed by atoms with E-state index in [4.69, 9.17) is 5.73 Å². The highest BCUT2D eigenvalue weighted by molar-refractivity contribution is 6.05. The summed E-state index contributed by atoms with van der Waals surface area (Å²) in [7, 11) is 1.75. The molecule has 0 unspecified atom stereocenters. The first-order valence-electron chi connectivity index (χ1n) is 10.7. The largest absolute Gasteiger partial charge is 0.435 e. The van der Waals surface area contributed by atoms with Crippen molar-refractivity contribution in [2.45, 2.75) is 44.4 Å². The molecule has 1 fully saturated rings. The van der Waals surface area contributed by atoms with Gasteiger partial charge >= 0.3 is 6.61 Å². The van der Waals surface area contributed by atoms with Gasteiger partial charge < -0.3 is 20.8 Å². The Bertz CT molecular complexity index is 1330. The Balaban J connectivity index is 1.50. The molecule has 0 atom stereocenters. The standard InChI is InChI=1S/C22H23F2N7O2/c1-31-17-7-6-13(33-22(23)24)8-14(17)18(30-31)16-10-27-20-19(29-16)15(9-26-20)21(32)28-12-4-2-11(25)3-5-12/h6-12,22H,2-5,25H2,1H3,(H,26,27)(H,28,32)/t11-,12+. The molecule has 1 amide bonds. The molecular weight excluding hydrogens is 432 g/mol. The zero-order valence-corrected chi connectivity index (χ0v) is 17.9. The molecule has 0 bridgehead atoms. The van der Waals surface area contributed by atoms with Crippen LogP contribution in [0.5, 0.6) is 5.75 Å². The second-order valence-electron chi connectivity index (χ2n) is 8.27. The molecule has 1 aliphatic rings. The number of nitrogens with one attached hydrogen (secondary N) is 2. The van der Waals surface area contributed by atoms with E-state index in [-0.39, 0.29) is 23.7 Å². The van der Waals surface area contributed by atoms with Crippen molar-refractivity contribution >= 4 is 28.0 Å². The average molecular weight is 455 g/mol. The van der Waals surface area contributed by atoms with Crippen LogP contribution >= 0.6 is 0 Å². The SMILES string of the molecule is Cn1nc(-c2cnc3[nH]cc(C(=O)N[C@H]4CC[C@@H](N)CC4)c3n2)c2cc(OC(F)F)ccc21. The Morgan fingerprint density at radius 3 is 2.85 bits per heavy atom. The van der Waals surface area contributed by atoms with Crippen molar-refractivity contribution in [2.75, 3.05) is 0 Å². The van der Waals surface area contributed by atoms with Gasteiger partial charge in [0.2, 0.25) is 0 Å². The van der Waals surface area contributed by atoms with Gasteiger partial charge in [0, 0.05) is 30.7 Å². The minimum atomic E-state index is -2.93. The molecule has 1 aromatic carbocycles. The second-order valence-corrected chi connectivity index (χ2v) is 8.27. The van der Waals surface area contributed by atoms with Crippen molar-refractivity contribution in [3.8, 4) is 17.1 Å². The number of halogens is 2. The molecule has 3 aromatic heterocycles. The Kier molecular flexibility index (Phi) is 5.41. The van der Waals surface area contributed by atoms with E-state index in [1.54, 1.807) is 24.0 Å². The summed E-state index contributed by atoms with van der Waals surface area (Å²) in [5.41, 5.74) is 8.81. The summed E-state index contributed by atoms with van der Waals surface area (Å²) in [5, 5.41) is 8.15. The van der Waals surface area contributed by atoms with Gasteiger partial charge in [-0.3, -0.25) is 9.48 Å². The molecule has 0 radical (unpaired) electrons. The molecule has 172 valence electrons. The van der Waals surface area contributed by atoms with E-state index >= 15 is 0 Å². The maximum Gasteiger partial charge on any atom is 0.387 e. The van der Waals surface area contributed by atoms with Crippen LogP contribution in [0.2, 0.25) is 0 Å². The fourth-order valence-electron chi connectivity index (χ4n) is 4.32. The fourth-order valence-corrected chi connectivity index (χ4v) is 4.32. The number of H-pyrrole nitrogens is 1. The number of benzene rings is 1. The van der Waals surface area contributed by atoms with Crippen LogP contribution in [0.15, 0.2) is 30.6 Å². The summed E-state index contributed by atoms with van der Waals surface area (Å²) < 4.78 is 31.5. The number of fused-ring (bicyclic) bond motifs is 2. The molecule has 11 heteroatoms. The number of rotatable bonds is 5. The molecule has 0 spiro atoms. The summed E-state index contributed by atoms with van der Waals surface area (Å²) in [4.78, 5) is 25.0. The molecule has 0 aliphatic heterocycles. The van der Waals surface area contributed by atoms with Crippen LogP contribution < -0.4 is 15.8 Å². The van der Waals surface area contributed by atoms with E-state index in [1.165, 1.54) is 18.3 Å². The molecule has 5 rings (SSSR count). The van der Waals surface area contributed by atoms with E-state index in [1.807, 2.05) is 0 Å². The normalized spacial score (nSPS) is 18.8. The first-order chi connectivity index (χ1) is 15.9. The van der Waals surface area contributed by atoms with E-state index in [2.05, 4.69) is 30.1 Å². The molecule has 3 heterocycles. The number of alkyl halides is 2. The van der Waals surface area contributed by atoms with Gasteiger partial charge in [0.05, 0.1) is 17.3 Å². The van der Waals surface area contributed by atoms with E-state index < -0.39 is 6.61 Å². The molecule has 33 heavy (non-hydrogen) atoms. The van der Waals surface area contributed by atoms with Gasteiger partial charge in [0.25, 0.3) is 5.91 Å². The summed E-state index contributed by atoms with van der Waals surface area (Å²) in [5.74, 6) is -0.207. The van der Waals surface area contributed by atoms with E-state index in [9.17, 15) is 13.6 Å². The lowest BCUT2D eigenvalue weighted by atomic mass is 9.92. The van der Waals surface area contributed by atoms with Crippen LogP contribution in [0.3, 0.4) is 0 Å². The monoisotopic (exact) mass is 455 g/mol. The minimum Gasteiger partial charge on any atom is -0.435 e. The maximum atomic E-state index is 12.9. The zero-order valence-electron chi connectivity index (χ0n) is 17.9. The lowest BCUT2D eigenvalue weighted by Gasteiger charge is -2.26. The number of hydrogen-bond acceptors (Lipinski definition) is 6. The Labute approximate surface area is 187 Å². The van der Waals surface area contributed by atoms with E-state index in [0.717, 1.165) is 31.2 Å². The van der Waals surface area contributed by atoms with Crippen LogP contribution in [-0.2, 0) is 7.05 Å². The summed E-state index contributed by atoms with van der Waals surface area (Å²) in [6.07, 6.45) is 6.57. The number of aromatic amines is 1. The number of hydrogen-bond donors (Lipinski definition) is 3. The van der Waals surface area contributed by atoms with Gasteiger partial charge in [0.1, 0.15) is 22.7 Å². The Morgan fingerprint density at radius 1 is 1.30 bits per heavy atom. The third-order valence-corrected chi connectivity index (χ3v) is 6.02. The Hall–Kier alpha value is -3.60. The first kappa shape index (κ1) is 21.3. The number of nitrogens with two attached hydrogens (primary N) is 1. The van der Waals surface area contributed by atoms with E-state index in [0.29, 0.717) is 33.5 Å². The lowest BCUT2D eigenvalue weighted by Crippen LogP contribution is -2.40. The van der Waals surface area contributed by atoms with Gasteiger partial charge in [-0.1, -0.05) is 0 Å². The van der Waals surface area contributed by atoms with Gasteiger partial charge in [-0.15, -0.1) is 0 Å². The van der Waals surface area contributed by atoms with Gasteiger partial charge in [-0.05, 0) is 43.9 Å². The smallest absolute Gasteiger partial charge is 0.387 e. The third-order valence-electron chi connectivity index (χ3n) is 6.02. The van der Waals surface area contributed by atoms with Crippen LogP contribution in [0, 0.1) is 0 Å². The third kappa shape index (κ3) is 4.11. The molecule has 0 saturated heterocycles. The number of carbonyl (C=O) groups is 1. The van der Waals surface area contributed by atoms with Crippen molar-refractivity contribution in [2.24, 2.45) is 12.8 Å². The van der Waals surface area contributed by atoms with Gasteiger partial charge in [-0.2, -0.15) is 13.9 Å². The summed E-state index contributed by atoms with van der Waals surface area (Å²) in [6.45, 7) is -2.93. The highest BCUT2D eigenvalue weighted by Gasteiger charge is 2.23. The number of nitrogens with zero attached hydrogens (tertiary/aromatic N) is 4. The lowest BCUT2D eigenvalue weighted by molar-refractivity contribution is -0.0497. The highest BCUT2D eigenvalue weighted by atomic mass is 19.3. The molecule has 1 aliphatic carbocycles. The van der Waals surface area contributed by atoms with Crippen molar-refractivity contribution in [1.29, 1.82) is 0 Å². The van der Waals surface area contributed by atoms with Crippen molar-refractivity contribution in [1.82, 2.24) is 30.0 Å². The molecule has 4 aromatic rings. The van der Waals surface area contributed by atoms with Crippen LogP contribution in [0.25, 0.3) is 33.5 Å². The number of ether oxygens (including phenoxy) is 1. The topological polar surface area (TPSA) is 124 Å². The predicted molar refractivity (Wildman–Crippen MR) is 118 cm³/mol. The number of aryl methyl sites for hydroxylation is 1. The zero-order chi connectivity index (χ0) is 23.1. The van der Waals surface area contributed by atoms with Gasteiger partial charge in [-0.25, -0.2) is 9.97 Å². The van der Waals surface area contributed by atoms with Crippen LogP contribution in [-0.4, -0.2) is 49.3 Å². The van der Waals surface area contributed by atoms with Crippen LogP contribution in [0.1, 0.15) is 36.0 Å². The highest BCUT2D eigenvalue weighted by Crippen LogP contribution is 2.31. The fraction of sp³-hybridized carbons (Fsp3) is 0.364. The van der Waals surface area contributed by atoms with Crippen LogP contribution in [0.4, 0.5) is 8.78 Å². The number of amides is 1. The number of carbonyl (C=O) groups excluding carboxylic acids is 1. The predicted octanol–water partition coefficient (Wildman–Crippen LogP) is 3.11. The Morgan fingerprint density at radius 2 is 2.09 bits per heavy atom. The summed E-state index contributed by atoms with van der Waals surface area (Å²) >= 11 is 0. The average Bonchev–Trinajstić information content (AvgIpc) is 3.35. The maximum absolute atomic E-state index is 12.9. The second kappa shape index (κ2) is 8.39. The molecule has 4 N–H and O–H groups in total. The first-order valence-corrected chi connectivity index (χ1v) is 10.7. The van der Waals surface area contributed by atoms with Crippen molar-refractivity contribution < 1.29 is 18.3 Å². The molecular formula is C22H23F2N7O2. The van der Waals surface area contributed by atoms with Crippen molar-refractivity contribution in [3.05, 3.63) is 36.2 Å². The number of aromatic nitrogens is 5. The molecule has 9 nitrogen and oxygen atoms in total. The quantitative estimate of drug-likeness (QED) is 0.425. The molecule has 1 saturated carbocycles. The minimum absolute atomic E-state index is 0.0229. The van der Waals surface area contributed by atoms with Gasteiger partial charge in [0.15, 0.2) is 5.65 Å². The van der Waals surface area contributed by atoms with Crippen molar-refractivity contribution in [3.63, 3.8) is 0 Å². The summed E-state index contributed by atoms with van der Waals surface area (Å²) in [6, 6.07) is 4.88.